The van der Waals surface area contributed by atoms with Crippen LogP contribution >= 0.6 is 0 Å². The molecule has 1 aliphatic heterocycles. The molecule has 3 heterocycles. The van der Waals surface area contributed by atoms with Crippen molar-refractivity contribution in [2.24, 2.45) is 0 Å². The summed E-state index contributed by atoms with van der Waals surface area (Å²) in [7, 11) is 0. The van der Waals surface area contributed by atoms with Crippen LogP contribution in [-0.4, -0.2) is 32.6 Å². The van der Waals surface area contributed by atoms with Crippen LogP contribution in [-0.2, 0) is 13.0 Å². The second-order valence-corrected chi connectivity index (χ2v) is 6.45. The van der Waals surface area contributed by atoms with Crippen molar-refractivity contribution in [2.75, 3.05) is 11.4 Å². The molecule has 0 radical (unpaired) electrons. The molecule has 3 N–H and O–H groups in total. The maximum atomic E-state index is 11.4. The minimum absolute atomic E-state index is 0.224. The topological polar surface area (TPSA) is 94.1 Å². The van der Waals surface area contributed by atoms with Gasteiger partial charge in [-0.3, -0.25) is 10.0 Å². The van der Waals surface area contributed by atoms with Gasteiger partial charge in [-0.05, 0) is 37.1 Å². The van der Waals surface area contributed by atoms with Gasteiger partial charge < -0.3 is 9.88 Å². The van der Waals surface area contributed by atoms with Crippen molar-refractivity contribution < 1.29 is 10.0 Å². The molecule has 3 aromatic rings. The second kappa shape index (κ2) is 5.86. The number of carbonyl (C=O) groups is 1. The summed E-state index contributed by atoms with van der Waals surface area (Å²) in [4.78, 5) is 25.6. The van der Waals surface area contributed by atoms with Crippen LogP contribution in [0.5, 0.6) is 0 Å². The number of fused-ring (bicyclic) bond motifs is 3. The van der Waals surface area contributed by atoms with Gasteiger partial charge in [0, 0.05) is 54.1 Å². The highest BCUT2D eigenvalue weighted by molar-refractivity contribution is 5.92. The van der Waals surface area contributed by atoms with Crippen LogP contribution in [0.25, 0.3) is 10.9 Å². The summed E-state index contributed by atoms with van der Waals surface area (Å²) in [6.45, 7) is 5.79. The number of hydrogen-bond acceptors (Lipinski definition) is 5. The third-order valence-corrected chi connectivity index (χ3v) is 4.87. The fourth-order valence-electron chi connectivity index (χ4n) is 3.32. The van der Waals surface area contributed by atoms with E-state index in [2.05, 4.69) is 45.8 Å². The van der Waals surface area contributed by atoms with Gasteiger partial charge in [-0.1, -0.05) is 0 Å². The van der Waals surface area contributed by atoms with Gasteiger partial charge in [-0.25, -0.2) is 15.4 Å². The Bertz CT molecular complexity index is 962. The lowest BCUT2D eigenvalue weighted by atomic mass is 10.0. The normalized spacial score (nSPS) is 13.8. The molecule has 7 nitrogen and oxygen atoms in total. The Hall–Kier alpha value is -2.93. The van der Waals surface area contributed by atoms with E-state index in [0.29, 0.717) is 5.95 Å². The lowest BCUT2D eigenvalue weighted by molar-refractivity contribution is 0.0705. The molecule has 7 heteroatoms. The molecule has 1 aliphatic rings. The highest BCUT2D eigenvalue weighted by atomic mass is 16.5. The third kappa shape index (κ3) is 2.62. The number of aromatic amines is 1. The molecule has 0 bridgehead atoms. The lowest BCUT2D eigenvalue weighted by Gasteiger charge is -2.27. The number of anilines is 1. The molecule has 1 amide bonds. The smallest absolute Gasteiger partial charge is 0.277 e. The summed E-state index contributed by atoms with van der Waals surface area (Å²) < 4.78 is 0. The Kier molecular flexibility index (Phi) is 3.65. The van der Waals surface area contributed by atoms with E-state index in [1.54, 1.807) is 5.48 Å². The van der Waals surface area contributed by atoms with Crippen LogP contribution in [0.3, 0.4) is 0 Å². The van der Waals surface area contributed by atoms with E-state index in [1.807, 2.05) is 0 Å². The number of carbonyl (C=O) groups excluding carboxylic acids is 1. The SMILES string of the molecule is Cc1cc2[nH]c3c(c2cc1C)CN(c1ncc(C(=O)NO)cn1)CC3. The van der Waals surface area contributed by atoms with E-state index >= 15 is 0 Å². The highest BCUT2D eigenvalue weighted by Crippen LogP contribution is 2.30. The van der Waals surface area contributed by atoms with Gasteiger partial charge in [0.1, 0.15) is 0 Å². The quantitative estimate of drug-likeness (QED) is 0.492. The van der Waals surface area contributed by atoms with E-state index in [1.165, 1.54) is 45.7 Å². The van der Waals surface area contributed by atoms with E-state index in [-0.39, 0.29) is 5.56 Å². The molecule has 0 spiro atoms. The fourth-order valence-corrected chi connectivity index (χ4v) is 3.32. The molecule has 1 aromatic carbocycles. The van der Waals surface area contributed by atoms with E-state index in [0.717, 1.165) is 19.5 Å². The van der Waals surface area contributed by atoms with Crippen LogP contribution in [0.1, 0.15) is 32.7 Å². The van der Waals surface area contributed by atoms with Crippen molar-refractivity contribution in [3.63, 3.8) is 0 Å². The number of aromatic nitrogens is 3. The fraction of sp³-hybridized carbons (Fsp3) is 0.278. The van der Waals surface area contributed by atoms with Crippen molar-refractivity contribution in [2.45, 2.75) is 26.8 Å². The lowest BCUT2D eigenvalue weighted by Crippen LogP contribution is -2.31. The number of nitrogens with zero attached hydrogens (tertiary/aromatic N) is 3. The molecular formula is C18H19N5O2. The second-order valence-electron chi connectivity index (χ2n) is 6.45. The molecule has 0 aliphatic carbocycles. The zero-order valence-electron chi connectivity index (χ0n) is 14.1. The Labute approximate surface area is 144 Å². The van der Waals surface area contributed by atoms with Crippen LogP contribution in [0, 0.1) is 13.8 Å². The molecule has 0 atom stereocenters. The average Bonchev–Trinajstić information content (AvgIpc) is 2.98. The summed E-state index contributed by atoms with van der Waals surface area (Å²) in [6.07, 6.45) is 3.74. The Morgan fingerprint density at radius 3 is 2.68 bits per heavy atom. The van der Waals surface area contributed by atoms with Crippen LogP contribution in [0.2, 0.25) is 0 Å². The Morgan fingerprint density at radius 1 is 1.24 bits per heavy atom. The van der Waals surface area contributed by atoms with Crippen molar-refractivity contribution in [1.29, 1.82) is 0 Å². The van der Waals surface area contributed by atoms with Crippen molar-refractivity contribution in [3.05, 3.63) is 52.5 Å². The first-order chi connectivity index (χ1) is 12.1. The van der Waals surface area contributed by atoms with Gasteiger partial charge in [0.2, 0.25) is 5.95 Å². The molecule has 2 aromatic heterocycles. The van der Waals surface area contributed by atoms with E-state index in [4.69, 9.17) is 5.21 Å². The molecule has 0 saturated heterocycles. The first kappa shape index (κ1) is 15.6. The highest BCUT2D eigenvalue weighted by Gasteiger charge is 2.23. The first-order valence-corrected chi connectivity index (χ1v) is 8.19. The zero-order chi connectivity index (χ0) is 17.6. The maximum absolute atomic E-state index is 11.4. The third-order valence-electron chi connectivity index (χ3n) is 4.87. The Morgan fingerprint density at radius 2 is 1.96 bits per heavy atom. The van der Waals surface area contributed by atoms with E-state index in [9.17, 15) is 4.79 Å². The van der Waals surface area contributed by atoms with Gasteiger partial charge in [0.05, 0.1) is 5.56 Å². The van der Waals surface area contributed by atoms with Crippen molar-refractivity contribution in [1.82, 2.24) is 20.4 Å². The van der Waals surface area contributed by atoms with Crippen molar-refractivity contribution in [3.8, 4) is 0 Å². The predicted molar refractivity (Wildman–Crippen MR) is 93.8 cm³/mol. The summed E-state index contributed by atoms with van der Waals surface area (Å²) >= 11 is 0. The number of rotatable bonds is 2. The van der Waals surface area contributed by atoms with E-state index < -0.39 is 5.91 Å². The summed E-state index contributed by atoms with van der Waals surface area (Å²) in [5, 5.41) is 9.91. The predicted octanol–water partition coefficient (Wildman–Crippen LogP) is 2.26. The molecule has 4 rings (SSSR count). The molecule has 25 heavy (non-hydrogen) atoms. The number of nitrogens with one attached hydrogen (secondary N) is 2. The van der Waals surface area contributed by atoms with Crippen LogP contribution in [0.15, 0.2) is 24.5 Å². The summed E-state index contributed by atoms with van der Waals surface area (Å²) in [5.74, 6) is -0.0340. The van der Waals surface area contributed by atoms with Crippen LogP contribution in [0.4, 0.5) is 5.95 Å². The van der Waals surface area contributed by atoms with Crippen molar-refractivity contribution >= 4 is 22.8 Å². The number of hydrogen-bond donors (Lipinski definition) is 3. The molecule has 0 saturated carbocycles. The zero-order valence-corrected chi connectivity index (χ0v) is 14.1. The minimum atomic E-state index is -0.616. The first-order valence-electron chi connectivity index (χ1n) is 8.19. The number of H-pyrrole nitrogens is 1. The summed E-state index contributed by atoms with van der Waals surface area (Å²) in [6, 6.07) is 4.44. The largest absolute Gasteiger partial charge is 0.358 e. The average molecular weight is 337 g/mol. The van der Waals surface area contributed by atoms with Gasteiger partial charge >= 0.3 is 0 Å². The summed E-state index contributed by atoms with van der Waals surface area (Å²) in [5.41, 5.74) is 8.09. The number of aryl methyl sites for hydroxylation is 2. The number of amides is 1. The molecule has 0 fully saturated rings. The standard InChI is InChI=1S/C18H19N5O2/c1-10-5-13-14-9-23(4-3-15(14)21-16(13)6-11(10)2)18-19-7-12(8-20-18)17(24)22-25/h5-8,21,25H,3-4,9H2,1-2H3,(H,22,24). The molecule has 0 unspecified atom stereocenters. The van der Waals surface area contributed by atoms with Gasteiger partial charge in [-0.15, -0.1) is 0 Å². The van der Waals surface area contributed by atoms with Gasteiger partial charge in [0.25, 0.3) is 5.91 Å². The molecule has 128 valence electrons. The van der Waals surface area contributed by atoms with Gasteiger partial charge in [-0.2, -0.15) is 0 Å². The Balaban J connectivity index is 1.66. The number of benzene rings is 1. The van der Waals surface area contributed by atoms with Crippen LogP contribution < -0.4 is 10.4 Å². The monoisotopic (exact) mass is 337 g/mol. The number of hydroxylamine groups is 1. The maximum Gasteiger partial charge on any atom is 0.277 e. The van der Waals surface area contributed by atoms with Gasteiger partial charge in [0.15, 0.2) is 0 Å². The minimum Gasteiger partial charge on any atom is -0.358 e. The molecular weight excluding hydrogens is 318 g/mol.